The van der Waals surface area contributed by atoms with Gasteiger partial charge in [-0.05, 0) is 50.2 Å². The van der Waals surface area contributed by atoms with Gasteiger partial charge in [0.15, 0.2) is 0 Å². The summed E-state index contributed by atoms with van der Waals surface area (Å²) in [6, 6.07) is 12.9. The molecule has 0 heterocycles. The molecular weight excluding hydrogens is 309 g/mol. The zero-order valence-electron chi connectivity index (χ0n) is 13.7. The highest BCUT2D eigenvalue weighted by molar-refractivity contribution is 6.43. The minimum Gasteiger partial charge on any atom is -0.372 e. The third kappa shape index (κ3) is 4.32. The fourth-order valence-corrected chi connectivity index (χ4v) is 2.27. The van der Waals surface area contributed by atoms with Gasteiger partial charge < -0.3 is 15.5 Å². The average Bonchev–Trinajstić information content (AvgIpc) is 2.59. The molecule has 0 bridgehead atoms. The number of anilines is 3. The van der Waals surface area contributed by atoms with Crippen molar-refractivity contribution < 1.29 is 14.0 Å². The number of hydrogen-bond donors (Lipinski definition) is 2. The molecule has 2 aromatic rings. The lowest BCUT2D eigenvalue weighted by Crippen LogP contribution is -2.29. The molecule has 2 N–H and O–H groups in total. The van der Waals surface area contributed by atoms with Crippen LogP contribution in [0.2, 0.25) is 0 Å². The number of benzene rings is 2. The lowest BCUT2D eigenvalue weighted by Gasteiger charge is -2.21. The third-order valence-electron chi connectivity index (χ3n) is 3.58. The van der Waals surface area contributed by atoms with E-state index >= 15 is 0 Å². The topological polar surface area (TPSA) is 61.4 Å². The SMILES string of the molecule is CCN(CC)c1ccc(NC(=O)C(=O)Nc2ccccc2F)cc1. The number of nitrogens with zero attached hydrogens (tertiary/aromatic N) is 1. The van der Waals surface area contributed by atoms with Gasteiger partial charge in [0, 0.05) is 24.5 Å². The van der Waals surface area contributed by atoms with Gasteiger partial charge in [0.05, 0.1) is 5.69 Å². The van der Waals surface area contributed by atoms with Crippen molar-refractivity contribution in [3.63, 3.8) is 0 Å². The lowest BCUT2D eigenvalue weighted by molar-refractivity contribution is -0.133. The number of hydrogen-bond acceptors (Lipinski definition) is 3. The zero-order chi connectivity index (χ0) is 17.5. The van der Waals surface area contributed by atoms with Crippen LogP contribution in [-0.2, 0) is 9.59 Å². The van der Waals surface area contributed by atoms with Crippen LogP contribution in [0.3, 0.4) is 0 Å². The molecule has 2 aromatic carbocycles. The Morgan fingerprint density at radius 1 is 0.917 bits per heavy atom. The largest absolute Gasteiger partial charge is 0.372 e. The number of para-hydroxylation sites is 1. The van der Waals surface area contributed by atoms with Gasteiger partial charge in [0.1, 0.15) is 5.82 Å². The quantitative estimate of drug-likeness (QED) is 0.828. The van der Waals surface area contributed by atoms with Crippen LogP contribution in [0.25, 0.3) is 0 Å². The first-order chi connectivity index (χ1) is 11.5. The molecule has 0 radical (unpaired) electrons. The first-order valence-electron chi connectivity index (χ1n) is 7.77. The van der Waals surface area contributed by atoms with Crippen LogP contribution in [0, 0.1) is 5.82 Å². The Bertz CT molecular complexity index is 712. The van der Waals surface area contributed by atoms with E-state index in [9.17, 15) is 14.0 Å². The summed E-state index contributed by atoms with van der Waals surface area (Å²) in [5.41, 5.74) is 1.50. The van der Waals surface area contributed by atoms with Gasteiger partial charge in [0.25, 0.3) is 0 Å². The van der Waals surface area contributed by atoms with Crippen LogP contribution < -0.4 is 15.5 Å². The van der Waals surface area contributed by atoms with Crippen LogP contribution >= 0.6 is 0 Å². The predicted octanol–water partition coefficient (Wildman–Crippen LogP) is 3.25. The molecule has 126 valence electrons. The molecule has 0 atom stereocenters. The Kier molecular flexibility index (Phi) is 5.89. The normalized spacial score (nSPS) is 10.1. The second-order valence-electron chi connectivity index (χ2n) is 5.11. The van der Waals surface area contributed by atoms with E-state index in [0.29, 0.717) is 5.69 Å². The molecular formula is C18H20FN3O2. The van der Waals surface area contributed by atoms with Gasteiger partial charge in [-0.15, -0.1) is 0 Å². The molecule has 24 heavy (non-hydrogen) atoms. The highest BCUT2D eigenvalue weighted by Gasteiger charge is 2.15. The smallest absolute Gasteiger partial charge is 0.314 e. The first-order valence-corrected chi connectivity index (χ1v) is 7.77. The van der Waals surface area contributed by atoms with E-state index < -0.39 is 17.6 Å². The molecule has 0 saturated heterocycles. The fraction of sp³-hybridized carbons (Fsp3) is 0.222. The Morgan fingerprint density at radius 3 is 2.08 bits per heavy atom. The molecule has 0 aliphatic heterocycles. The molecule has 0 aliphatic carbocycles. The van der Waals surface area contributed by atoms with Crippen molar-refractivity contribution in [2.75, 3.05) is 28.6 Å². The zero-order valence-corrected chi connectivity index (χ0v) is 13.7. The van der Waals surface area contributed by atoms with Crippen LogP contribution in [0.5, 0.6) is 0 Å². The Morgan fingerprint density at radius 2 is 1.50 bits per heavy atom. The second-order valence-corrected chi connectivity index (χ2v) is 5.11. The highest BCUT2D eigenvalue weighted by Crippen LogP contribution is 2.18. The minimum absolute atomic E-state index is 0.0328. The molecule has 2 rings (SSSR count). The molecule has 2 amide bonds. The maximum Gasteiger partial charge on any atom is 0.314 e. The summed E-state index contributed by atoms with van der Waals surface area (Å²) in [6.07, 6.45) is 0. The van der Waals surface area contributed by atoms with Gasteiger partial charge in [-0.25, -0.2) is 4.39 Å². The molecule has 0 aromatic heterocycles. The van der Waals surface area contributed by atoms with Crippen molar-refractivity contribution in [2.24, 2.45) is 0 Å². The van der Waals surface area contributed by atoms with E-state index in [2.05, 4.69) is 29.4 Å². The summed E-state index contributed by atoms with van der Waals surface area (Å²) < 4.78 is 13.5. The molecule has 0 unspecified atom stereocenters. The number of amides is 2. The summed E-state index contributed by atoms with van der Waals surface area (Å²) in [5.74, 6) is -2.37. The number of halogens is 1. The van der Waals surface area contributed by atoms with Gasteiger partial charge >= 0.3 is 11.8 Å². The fourth-order valence-electron chi connectivity index (χ4n) is 2.27. The van der Waals surface area contributed by atoms with E-state index in [0.717, 1.165) is 18.8 Å². The molecule has 5 nitrogen and oxygen atoms in total. The van der Waals surface area contributed by atoms with Gasteiger partial charge in [-0.3, -0.25) is 9.59 Å². The van der Waals surface area contributed by atoms with Gasteiger partial charge in [-0.2, -0.15) is 0 Å². The van der Waals surface area contributed by atoms with Crippen molar-refractivity contribution >= 4 is 28.9 Å². The van der Waals surface area contributed by atoms with Crippen LogP contribution in [-0.4, -0.2) is 24.9 Å². The van der Waals surface area contributed by atoms with Crippen molar-refractivity contribution in [3.05, 3.63) is 54.3 Å². The Balaban J connectivity index is 1.99. The van der Waals surface area contributed by atoms with Gasteiger partial charge in [-0.1, -0.05) is 12.1 Å². The number of rotatable bonds is 5. The number of carbonyl (C=O) groups is 2. The van der Waals surface area contributed by atoms with E-state index in [4.69, 9.17) is 0 Å². The van der Waals surface area contributed by atoms with E-state index in [1.54, 1.807) is 18.2 Å². The van der Waals surface area contributed by atoms with Crippen LogP contribution in [0.15, 0.2) is 48.5 Å². The van der Waals surface area contributed by atoms with E-state index in [1.165, 1.54) is 18.2 Å². The maximum atomic E-state index is 13.5. The Hall–Kier alpha value is -2.89. The highest BCUT2D eigenvalue weighted by atomic mass is 19.1. The molecule has 0 saturated carbocycles. The summed E-state index contributed by atoms with van der Waals surface area (Å²) >= 11 is 0. The summed E-state index contributed by atoms with van der Waals surface area (Å²) in [7, 11) is 0. The average molecular weight is 329 g/mol. The van der Waals surface area contributed by atoms with Crippen molar-refractivity contribution in [2.45, 2.75) is 13.8 Å². The summed E-state index contributed by atoms with van der Waals surface area (Å²) in [5, 5.41) is 4.74. The first kappa shape index (κ1) is 17.5. The number of carbonyl (C=O) groups excluding carboxylic acids is 2. The minimum atomic E-state index is -0.923. The van der Waals surface area contributed by atoms with E-state index in [-0.39, 0.29) is 5.69 Å². The van der Waals surface area contributed by atoms with Gasteiger partial charge in [0.2, 0.25) is 0 Å². The maximum absolute atomic E-state index is 13.5. The predicted molar refractivity (Wildman–Crippen MR) is 93.7 cm³/mol. The van der Waals surface area contributed by atoms with Crippen molar-refractivity contribution in [1.82, 2.24) is 0 Å². The molecule has 0 spiro atoms. The van der Waals surface area contributed by atoms with Crippen LogP contribution in [0.1, 0.15) is 13.8 Å². The second kappa shape index (κ2) is 8.10. The lowest BCUT2D eigenvalue weighted by atomic mass is 10.2. The standard InChI is InChI=1S/C18H20FN3O2/c1-3-22(4-2)14-11-9-13(10-12-14)20-17(23)18(24)21-16-8-6-5-7-15(16)19/h5-12H,3-4H2,1-2H3,(H,20,23)(H,21,24). The van der Waals surface area contributed by atoms with Crippen molar-refractivity contribution in [3.8, 4) is 0 Å². The molecule has 0 fully saturated rings. The third-order valence-corrected chi connectivity index (χ3v) is 3.58. The van der Waals surface area contributed by atoms with Crippen molar-refractivity contribution in [1.29, 1.82) is 0 Å². The molecule has 0 aliphatic rings. The number of nitrogens with one attached hydrogen (secondary N) is 2. The molecule has 6 heteroatoms. The van der Waals surface area contributed by atoms with Crippen LogP contribution in [0.4, 0.5) is 21.5 Å². The monoisotopic (exact) mass is 329 g/mol. The van der Waals surface area contributed by atoms with E-state index in [1.807, 2.05) is 12.1 Å². The Labute approximate surface area is 140 Å². The summed E-state index contributed by atoms with van der Waals surface area (Å²) in [4.78, 5) is 25.9. The summed E-state index contributed by atoms with van der Waals surface area (Å²) in [6.45, 7) is 5.89.